The number of rotatable bonds is 5. The first-order valence-corrected chi connectivity index (χ1v) is 9.84. The van der Waals surface area contributed by atoms with Gasteiger partial charge < -0.3 is 9.64 Å². The molecule has 5 heteroatoms. The summed E-state index contributed by atoms with van der Waals surface area (Å²) >= 11 is 1.69. The highest BCUT2D eigenvalue weighted by Gasteiger charge is 2.29. The minimum atomic E-state index is 0.160. The van der Waals surface area contributed by atoms with Crippen LogP contribution in [-0.2, 0) is 11.2 Å². The van der Waals surface area contributed by atoms with Crippen LogP contribution in [0.15, 0.2) is 48.5 Å². The van der Waals surface area contributed by atoms with Crippen LogP contribution in [0.1, 0.15) is 35.9 Å². The Morgan fingerprint density at radius 3 is 3.00 bits per heavy atom. The predicted molar refractivity (Wildman–Crippen MR) is 105 cm³/mol. The summed E-state index contributed by atoms with van der Waals surface area (Å²) < 4.78 is 6.52. The van der Waals surface area contributed by atoms with E-state index in [1.165, 1.54) is 4.70 Å². The SMILES string of the molecule is COc1cccc([C@H]2CCCN2C(=O)CCc2nc3ccccc3s2)c1. The predicted octanol–water partition coefficient (Wildman–Crippen LogP) is 4.60. The van der Waals surface area contributed by atoms with E-state index >= 15 is 0 Å². The highest BCUT2D eigenvalue weighted by molar-refractivity contribution is 7.18. The number of carbonyl (C=O) groups is 1. The van der Waals surface area contributed by atoms with Crippen LogP contribution in [0.2, 0.25) is 0 Å². The lowest BCUT2D eigenvalue weighted by molar-refractivity contribution is -0.132. The van der Waals surface area contributed by atoms with E-state index in [1.807, 2.05) is 41.3 Å². The highest BCUT2D eigenvalue weighted by Crippen LogP contribution is 2.34. The number of para-hydroxylation sites is 1. The summed E-state index contributed by atoms with van der Waals surface area (Å²) in [5.74, 6) is 1.06. The van der Waals surface area contributed by atoms with Gasteiger partial charge in [0.05, 0.1) is 28.4 Å². The highest BCUT2D eigenvalue weighted by atomic mass is 32.1. The maximum Gasteiger partial charge on any atom is 0.223 e. The minimum absolute atomic E-state index is 0.160. The summed E-state index contributed by atoms with van der Waals surface area (Å²) in [5, 5.41) is 1.04. The van der Waals surface area contributed by atoms with Crippen LogP contribution in [0.4, 0.5) is 0 Å². The van der Waals surface area contributed by atoms with Crippen molar-refractivity contribution in [2.45, 2.75) is 31.7 Å². The molecule has 2 aromatic carbocycles. The number of aryl methyl sites for hydroxylation is 1. The molecule has 0 radical (unpaired) electrons. The van der Waals surface area contributed by atoms with E-state index < -0.39 is 0 Å². The number of nitrogens with zero attached hydrogens (tertiary/aromatic N) is 2. The van der Waals surface area contributed by atoms with Crippen LogP contribution >= 0.6 is 11.3 Å². The van der Waals surface area contributed by atoms with Crippen molar-refractivity contribution in [2.75, 3.05) is 13.7 Å². The number of likely N-dealkylation sites (tertiary alicyclic amines) is 1. The summed E-state index contributed by atoms with van der Waals surface area (Å²) in [5.41, 5.74) is 2.19. The van der Waals surface area contributed by atoms with E-state index in [-0.39, 0.29) is 11.9 Å². The second kappa shape index (κ2) is 7.46. The van der Waals surface area contributed by atoms with Gasteiger partial charge in [-0.2, -0.15) is 0 Å². The number of benzene rings is 2. The van der Waals surface area contributed by atoms with E-state index in [0.29, 0.717) is 12.8 Å². The third-order valence-corrected chi connectivity index (χ3v) is 6.04. The van der Waals surface area contributed by atoms with E-state index in [9.17, 15) is 4.79 Å². The zero-order valence-electron chi connectivity index (χ0n) is 14.9. The number of fused-ring (bicyclic) bond motifs is 1. The molecule has 0 N–H and O–H groups in total. The van der Waals surface area contributed by atoms with Crippen LogP contribution in [0.5, 0.6) is 5.75 Å². The van der Waals surface area contributed by atoms with Gasteiger partial charge in [-0.25, -0.2) is 4.98 Å². The van der Waals surface area contributed by atoms with Gasteiger partial charge in [0.25, 0.3) is 0 Å². The topological polar surface area (TPSA) is 42.4 Å². The first-order valence-electron chi connectivity index (χ1n) is 9.02. The molecule has 26 heavy (non-hydrogen) atoms. The molecule has 1 atom stereocenters. The third kappa shape index (κ3) is 3.44. The van der Waals surface area contributed by atoms with Gasteiger partial charge in [0, 0.05) is 19.4 Å². The molecule has 4 nitrogen and oxygen atoms in total. The fraction of sp³-hybridized carbons (Fsp3) is 0.333. The third-order valence-electron chi connectivity index (χ3n) is 4.94. The lowest BCUT2D eigenvalue weighted by Gasteiger charge is -2.25. The van der Waals surface area contributed by atoms with Crippen LogP contribution in [0.25, 0.3) is 10.2 Å². The van der Waals surface area contributed by atoms with Gasteiger partial charge in [-0.3, -0.25) is 4.79 Å². The first kappa shape index (κ1) is 17.0. The lowest BCUT2D eigenvalue weighted by Crippen LogP contribution is -2.30. The van der Waals surface area contributed by atoms with Crippen molar-refractivity contribution in [3.63, 3.8) is 0 Å². The van der Waals surface area contributed by atoms with Crippen molar-refractivity contribution in [2.24, 2.45) is 0 Å². The molecule has 1 fully saturated rings. The Morgan fingerprint density at radius 2 is 2.15 bits per heavy atom. The largest absolute Gasteiger partial charge is 0.497 e. The van der Waals surface area contributed by atoms with Gasteiger partial charge in [0.15, 0.2) is 0 Å². The summed E-state index contributed by atoms with van der Waals surface area (Å²) in [7, 11) is 1.68. The Bertz CT molecular complexity index is 888. The summed E-state index contributed by atoms with van der Waals surface area (Å²) in [6, 6.07) is 16.4. The van der Waals surface area contributed by atoms with Gasteiger partial charge in [-0.1, -0.05) is 24.3 Å². The Labute approximate surface area is 157 Å². The molecule has 0 bridgehead atoms. The summed E-state index contributed by atoms with van der Waals surface area (Å²) in [6.07, 6.45) is 3.29. The molecular formula is C21H22N2O2S. The number of ether oxygens (including phenoxy) is 1. The molecule has 1 aromatic heterocycles. The van der Waals surface area contributed by atoms with Crippen LogP contribution in [-0.4, -0.2) is 29.4 Å². The van der Waals surface area contributed by atoms with Crippen LogP contribution in [0, 0.1) is 0 Å². The molecule has 1 aliphatic heterocycles. The molecule has 0 spiro atoms. The normalized spacial score (nSPS) is 17.0. The average molecular weight is 366 g/mol. The van der Waals surface area contributed by atoms with Gasteiger partial charge in [-0.15, -0.1) is 11.3 Å². The zero-order chi connectivity index (χ0) is 17.9. The molecular weight excluding hydrogens is 344 g/mol. The van der Waals surface area contributed by atoms with Gasteiger partial charge in [0.1, 0.15) is 5.75 Å². The van der Waals surface area contributed by atoms with Crippen LogP contribution < -0.4 is 4.74 Å². The summed E-state index contributed by atoms with van der Waals surface area (Å²) in [6.45, 7) is 0.834. The first-order chi connectivity index (χ1) is 12.7. The standard InChI is InChI=1S/C21H22N2O2S/c1-25-16-7-4-6-15(14-16)18-9-5-13-23(18)21(24)12-11-20-22-17-8-2-3-10-19(17)26-20/h2-4,6-8,10,14,18H,5,9,11-13H2,1H3/t18-/m1/s1. The Morgan fingerprint density at radius 1 is 1.27 bits per heavy atom. The second-order valence-corrected chi connectivity index (χ2v) is 7.71. The fourth-order valence-electron chi connectivity index (χ4n) is 3.64. The van der Waals surface area contributed by atoms with E-state index in [0.717, 1.165) is 41.2 Å². The fourth-order valence-corrected chi connectivity index (χ4v) is 4.61. The lowest BCUT2D eigenvalue weighted by atomic mass is 10.0. The van der Waals surface area contributed by atoms with Crippen molar-refractivity contribution in [3.8, 4) is 5.75 Å². The molecule has 0 unspecified atom stereocenters. The van der Waals surface area contributed by atoms with E-state index in [2.05, 4.69) is 17.1 Å². The molecule has 4 rings (SSSR count). The Kier molecular flexibility index (Phi) is 4.89. The molecule has 2 heterocycles. The zero-order valence-corrected chi connectivity index (χ0v) is 15.7. The van der Waals surface area contributed by atoms with E-state index in [1.54, 1.807) is 18.4 Å². The summed E-state index contributed by atoms with van der Waals surface area (Å²) in [4.78, 5) is 19.5. The van der Waals surface area contributed by atoms with Gasteiger partial charge >= 0.3 is 0 Å². The Balaban J connectivity index is 1.44. The van der Waals surface area contributed by atoms with Crippen LogP contribution in [0.3, 0.4) is 0 Å². The molecule has 1 amide bonds. The molecule has 134 valence electrons. The quantitative estimate of drug-likeness (QED) is 0.663. The maximum atomic E-state index is 12.8. The number of aromatic nitrogens is 1. The second-order valence-electron chi connectivity index (χ2n) is 6.60. The number of methoxy groups -OCH3 is 1. The van der Waals surface area contributed by atoms with Gasteiger partial charge in [0.2, 0.25) is 5.91 Å². The number of hydrogen-bond acceptors (Lipinski definition) is 4. The molecule has 1 saturated heterocycles. The molecule has 3 aromatic rings. The monoisotopic (exact) mass is 366 g/mol. The molecule has 1 aliphatic rings. The van der Waals surface area contributed by atoms with Crippen molar-refractivity contribution >= 4 is 27.5 Å². The van der Waals surface area contributed by atoms with E-state index in [4.69, 9.17) is 4.74 Å². The number of carbonyl (C=O) groups excluding carboxylic acids is 1. The van der Waals surface area contributed by atoms with Gasteiger partial charge in [-0.05, 0) is 42.7 Å². The van der Waals surface area contributed by atoms with Crippen molar-refractivity contribution in [1.82, 2.24) is 9.88 Å². The van der Waals surface area contributed by atoms with Crippen molar-refractivity contribution in [3.05, 3.63) is 59.1 Å². The number of thiazole rings is 1. The van der Waals surface area contributed by atoms with Crippen molar-refractivity contribution in [1.29, 1.82) is 0 Å². The minimum Gasteiger partial charge on any atom is -0.497 e. The maximum absolute atomic E-state index is 12.8. The number of hydrogen-bond donors (Lipinski definition) is 0. The smallest absolute Gasteiger partial charge is 0.223 e. The number of amides is 1. The van der Waals surface area contributed by atoms with Crippen molar-refractivity contribution < 1.29 is 9.53 Å². The molecule has 0 saturated carbocycles. The molecule has 0 aliphatic carbocycles. The Hall–Kier alpha value is -2.40. The average Bonchev–Trinajstić information content (AvgIpc) is 3.32.